The molecular weight excluding hydrogens is 252 g/mol. The number of hydrogen-bond acceptors (Lipinski definition) is 5. The fourth-order valence-electron chi connectivity index (χ4n) is 1.88. The van der Waals surface area contributed by atoms with Crippen molar-refractivity contribution in [2.24, 2.45) is 7.05 Å². The van der Waals surface area contributed by atoms with Crippen LogP contribution in [0.1, 0.15) is 24.6 Å². The number of anilines is 1. The summed E-state index contributed by atoms with van der Waals surface area (Å²) in [5.41, 5.74) is 7.24. The van der Waals surface area contributed by atoms with Crippen LogP contribution in [0.2, 0.25) is 0 Å². The lowest BCUT2D eigenvalue weighted by atomic mass is 10.4. The summed E-state index contributed by atoms with van der Waals surface area (Å²) in [6, 6.07) is 0.286. The van der Waals surface area contributed by atoms with Gasteiger partial charge >= 0.3 is 5.69 Å². The molecule has 1 aliphatic rings. The molecular formula is C10H14N6OS. The summed E-state index contributed by atoms with van der Waals surface area (Å²) in [5.74, 6) is 0. The molecule has 0 unspecified atom stereocenters. The van der Waals surface area contributed by atoms with Gasteiger partial charge in [0.15, 0.2) is 5.16 Å². The number of nitrogens with two attached hydrogens (primary N) is 1. The molecule has 0 aliphatic heterocycles. The molecule has 1 fully saturated rings. The molecule has 8 heteroatoms. The predicted molar refractivity (Wildman–Crippen MR) is 67.6 cm³/mol. The highest BCUT2D eigenvalue weighted by molar-refractivity contribution is 7.99. The molecule has 3 rings (SSSR count). The van der Waals surface area contributed by atoms with Gasteiger partial charge < -0.3 is 5.73 Å². The number of H-pyrrole nitrogens is 1. The molecule has 2 heterocycles. The zero-order valence-electron chi connectivity index (χ0n) is 10.2. The van der Waals surface area contributed by atoms with Crippen molar-refractivity contribution in [1.82, 2.24) is 24.5 Å². The Morgan fingerprint density at radius 2 is 2.22 bits per heavy atom. The number of nitrogens with one attached hydrogen (secondary N) is 1. The maximum atomic E-state index is 11.7. The monoisotopic (exact) mass is 266 g/mol. The minimum Gasteiger partial charge on any atom is -0.395 e. The van der Waals surface area contributed by atoms with Gasteiger partial charge in [0.2, 0.25) is 0 Å². The first-order valence-electron chi connectivity index (χ1n) is 5.71. The van der Waals surface area contributed by atoms with Crippen molar-refractivity contribution < 1.29 is 0 Å². The van der Waals surface area contributed by atoms with Crippen molar-refractivity contribution in [1.29, 1.82) is 0 Å². The standard InChI is InChI=1S/C10H14N6OS/c1-5-7(11)8(15(2)14-5)18-10-13-12-9(17)16(10)6-3-4-6/h6H,3-4,11H2,1-2H3,(H,12,17). The van der Waals surface area contributed by atoms with Crippen LogP contribution >= 0.6 is 11.8 Å². The number of aromatic amines is 1. The molecule has 0 radical (unpaired) electrons. The Bertz CT molecular complexity index is 650. The van der Waals surface area contributed by atoms with Crippen LogP contribution in [0.25, 0.3) is 0 Å². The van der Waals surface area contributed by atoms with Crippen molar-refractivity contribution in [3.05, 3.63) is 16.2 Å². The largest absolute Gasteiger partial charge is 0.395 e. The molecule has 0 spiro atoms. The fraction of sp³-hybridized carbons (Fsp3) is 0.500. The van der Waals surface area contributed by atoms with Gasteiger partial charge in [-0.05, 0) is 31.5 Å². The van der Waals surface area contributed by atoms with Crippen molar-refractivity contribution in [3.63, 3.8) is 0 Å². The van der Waals surface area contributed by atoms with E-state index in [1.54, 1.807) is 9.25 Å². The Morgan fingerprint density at radius 1 is 1.50 bits per heavy atom. The summed E-state index contributed by atoms with van der Waals surface area (Å²) < 4.78 is 3.41. The highest BCUT2D eigenvalue weighted by Crippen LogP contribution is 2.38. The predicted octanol–water partition coefficient (Wildman–Crippen LogP) is 0.682. The van der Waals surface area contributed by atoms with E-state index in [1.165, 1.54) is 11.8 Å². The molecule has 7 nitrogen and oxygen atoms in total. The number of aromatic nitrogens is 5. The minimum atomic E-state index is -0.155. The summed E-state index contributed by atoms with van der Waals surface area (Å²) in [4.78, 5) is 11.7. The van der Waals surface area contributed by atoms with E-state index in [-0.39, 0.29) is 11.7 Å². The normalized spacial score (nSPS) is 15.2. The van der Waals surface area contributed by atoms with Crippen molar-refractivity contribution in [2.45, 2.75) is 36.0 Å². The van der Waals surface area contributed by atoms with Crippen molar-refractivity contribution >= 4 is 17.4 Å². The zero-order chi connectivity index (χ0) is 12.9. The maximum Gasteiger partial charge on any atom is 0.344 e. The third-order valence-corrected chi connectivity index (χ3v) is 4.13. The minimum absolute atomic E-state index is 0.155. The lowest BCUT2D eigenvalue weighted by Crippen LogP contribution is -2.16. The van der Waals surface area contributed by atoms with Crippen LogP contribution in [0.5, 0.6) is 0 Å². The smallest absolute Gasteiger partial charge is 0.344 e. The molecule has 3 N–H and O–H groups in total. The second kappa shape index (κ2) is 3.91. The Kier molecular flexibility index (Phi) is 2.47. The van der Waals surface area contributed by atoms with Gasteiger partial charge in [0.05, 0.1) is 11.4 Å². The zero-order valence-corrected chi connectivity index (χ0v) is 11.0. The molecule has 2 aromatic rings. The summed E-state index contributed by atoms with van der Waals surface area (Å²) in [6.45, 7) is 1.86. The number of rotatable bonds is 3. The van der Waals surface area contributed by atoms with Crippen molar-refractivity contribution in [3.8, 4) is 0 Å². The van der Waals surface area contributed by atoms with Crippen LogP contribution in [0.3, 0.4) is 0 Å². The van der Waals surface area contributed by atoms with Gasteiger partial charge in [0.1, 0.15) is 5.03 Å². The number of aryl methyl sites for hydroxylation is 2. The van der Waals surface area contributed by atoms with Crippen LogP contribution in [0, 0.1) is 6.92 Å². The molecule has 2 aromatic heterocycles. The van der Waals surface area contributed by atoms with E-state index in [4.69, 9.17) is 5.73 Å². The first-order valence-corrected chi connectivity index (χ1v) is 6.53. The summed E-state index contributed by atoms with van der Waals surface area (Å²) >= 11 is 1.37. The first-order chi connectivity index (χ1) is 8.58. The molecule has 0 aromatic carbocycles. The van der Waals surface area contributed by atoms with Gasteiger partial charge in [-0.1, -0.05) is 0 Å². The van der Waals surface area contributed by atoms with Gasteiger partial charge in [-0.2, -0.15) is 5.10 Å². The quantitative estimate of drug-likeness (QED) is 0.852. The van der Waals surface area contributed by atoms with E-state index in [1.807, 2.05) is 14.0 Å². The molecule has 0 saturated heterocycles. The van der Waals surface area contributed by atoms with Gasteiger partial charge in [-0.3, -0.25) is 9.25 Å². The fourth-order valence-corrected chi connectivity index (χ4v) is 2.90. The lowest BCUT2D eigenvalue weighted by molar-refractivity contribution is 0.638. The highest BCUT2D eigenvalue weighted by Gasteiger charge is 2.29. The van der Waals surface area contributed by atoms with Gasteiger partial charge in [-0.25, -0.2) is 9.89 Å². The van der Waals surface area contributed by atoms with Crippen LogP contribution in [-0.2, 0) is 7.05 Å². The van der Waals surface area contributed by atoms with E-state index in [0.717, 1.165) is 23.6 Å². The average Bonchev–Trinajstić information content (AvgIpc) is 3.05. The first kappa shape index (κ1) is 11.4. The number of nitrogen functional groups attached to an aromatic ring is 1. The third kappa shape index (κ3) is 1.72. The van der Waals surface area contributed by atoms with Crippen LogP contribution in [0.15, 0.2) is 15.0 Å². The number of nitrogens with zero attached hydrogens (tertiary/aromatic N) is 4. The number of hydrogen-bond donors (Lipinski definition) is 2. The summed E-state index contributed by atoms with van der Waals surface area (Å²) in [6.07, 6.45) is 2.07. The maximum absolute atomic E-state index is 11.7. The molecule has 96 valence electrons. The summed E-state index contributed by atoms with van der Waals surface area (Å²) in [7, 11) is 1.83. The van der Waals surface area contributed by atoms with E-state index in [0.29, 0.717) is 10.8 Å². The van der Waals surface area contributed by atoms with Gasteiger partial charge in [-0.15, -0.1) is 5.10 Å². The molecule has 18 heavy (non-hydrogen) atoms. The third-order valence-electron chi connectivity index (χ3n) is 2.99. The van der Waals surface area contributed by atoms with E-state index in [9.17, 15) is 4.79 Å². The molecule has 0 bridgehead atoms. The Morgan fingerprint density at radius 3 is 2.78 bits per heavy atom. The van der Waals surface area contributed by atoms with E-state index < -0.39 is 0 Å². The average molecular weight is 266 g/mol. The molecule has 0 atom stereocenters. The molecule has 0 amide bonds. The second-order valence-electron chi connectivity index (χ2n) is 4.44. The Balaban J connectivity index is 1.99. The van der Waals surface area contributed by atoms with Gasteiger partial charge in [0.25, 0.3) is 0 Å². The van der Waals surface area contributed by atoms with Crippen molar-refractivity contribution in [2.75, 3.05) is 5.73 Å². The Labute approximate surface area is 107 Å². The Hall–Kier alpha value is -1.70. The lowest BCUT2D eigenvalue weighted by Gasteiger charge is -2.04. The van der Waals surface area contributed by atoms with Crippen LogP contribution < -0.4 is 11.4 Å². The second-order valence-corrected chi connectivity index (χ2v) is 5.40. The molecule has 1 aliphatic carbocycles. The van der Waals surface area contributed by atoms with Gasteiger partial charge in [0, 0.05) is 13.1 Å². The van der Waals surface area contributed by atoms with Crippen LogP contribution in [0.4, 0.5) is 5.69 Å². The highest BCUT2D eigenvalue weighted by atomic mass is 32.2. The van der Waals surface area contributed by atoms with E-state index >= 15 is 0 Å². The topological polar surface area (TPSA) is 94.5 Å². The van der Waals surface area contributed by atoms with Crippen LogP contribution in [-0.4, -0.2) is 24.5 Å². The molecule has 1 saturated carbocycles. The summed E-state index contributed by atoms with van der Waals surface area (Å²) in [5, 5.41) is 12.3. The SMILES string of the molecule is Cc1nn(C)c(Sc2n[nH]c(=O)n2C2CC2)c1N. The van der Waals surface area contributed by atoms with E-state index in [2.05, 4.69) is 15.3 Å².